The molecule has 0 spiro atoms. The summed E-state index contributed by atoms with van der Waals surface area (Å²) in [7, 11) is -3.83. The lowest BCUT2D eigenvalue weighted by molar-refractivity contribution is 0.0240. The summed E-state index contributed by atoms with van der Waals surface area (Å²) in [6.07, 6.45) is 2.54. The van der Waals surface area contributed by atoms with Gasteiger partial charge in [0.15, 0.2) is 11.6 Å². The smallest absolute Gasteiger partial charge is 0.240 e. The van der Waals surface area contributed by atoms with Crippen molar-refractivity contribution in [3.63, 3.8) is 0 Å². The van der Waals surface area contributed by atoms with E-state index >= 15 is 0 Å². The Morgan fingerprint density at radius 2 is 1.96 bits per heavy atom. The van der Waals surface area contributed by atoms with Crippen molar-refractivity contribution in [3.8, 4) is 5.75 Å². The van der Waals surface area contributed by atoms with E-state index in [-0.39, 0.29) is 23.3 Å². The SMILES string of the molecule is CCC(N)(CC)CNS(=O)(=O)c1ccc(OC2CCOCC2)c(F)c1. The highest BCUT2D eigenvalue weighted by atomic mass is 32.2. The zero-order valence-corrected chi connectivity index (χ0v) is 15.6. The van der Waals surface area contributed by atoms with Crippen molar-refractivity contribution in [2.75, 3.05) is 19.8 Å². The lowest BCUT2D eigenvalue weighted by atomic mass is 9.95. The fourth-order valence-electron chi connectivity index (χ4n) is 2.54. The van der Waals surface area contributed by atoms with Gasteiger partial charge in [0.2, 0.25) is 10.0 Å². The van der Waals surface area contributed by atoms with Gasteiger partial charge in [-0.25, -0.2) is 17.5 Å². The van der Waals surface area contributed by atoms with Crippen LogP contribution in [0, 0.1) is 5.82 Å². The van der Waals surface area contributed by atoms with Crippen molar-refractivity contribution >= 4 is 10.0 Å². The third kappa shape index (κ3) is 5.37. The molecule has 142 valence electrons. The Hall–Kier alpha value is -1.22. The molecule has 1 heterocycles. The van der Waals surface area contributed by atoms with Crippen LogP contribution < -0.4 is 15.2 Å². The molecule has 25 heavy (non-hydrogen) atoms. The number of nitrogens with one attached hydrogen (secondary N) is 1. The molecule has 0 saturated carbocycles. The second-order valence-corrected chi connectivity index (χ2v) is 8.18. The van der Waals surface area contributed by atoms with E-state index in [0.717, 1.165) is 6.07 Å². The van der Waals surface area contributed by atoms with Gasteiger partial charge >= 0.3 is 0 Å². The third-order valence-corrected chi connectivity index (χ3v) is 6.10. The molecule has 0 amide bonds. The molecule has 0 radical (unpaired) electrons. The Morgan fingerprint density at radius 3 is 2.52 bits per heavy atom. The van der Waals surface area contributed by atoms with Gasteiger partial charge in [0.05, 0.1) is 18.1 Å². The first-order valence-electron chi connectivity index (χ1n) is 8.62. The van der Waals surface area contributed by atoms with Crippen LogP contribution in [0.4, 0.5) is 4.39 Å². The summed E-state index contributed by atoms with van der Waals surface area (Å²) < 4.78 is 52.3. The molecule has 2 rings (SSSR count). The summed E-state index contributed by atoms with van der Waals surface area (Å²) in [5, 5.41) is 0. The normalized spacial score (nSPS) is 16.8. The number of rotatable bonds is 8. The number of ether oxygens (including phenoxy) is 2. The zero-order valence-electron chi connectivity index (χ0n) is 14.8. The van der Waals surface area contributed by atoms with E-state index in [1.807, 2.05) is 13.8 Å². The van der Waals surface area contributed by atoms with E-state index < -0.39 is 21.4 Å². The summed E-state index contributed by atoms with van der Waals surface area (Å²) in [5.41, 5.74) is 5.50. The van der Waals surface area contributed by atoms with Crippen LogP contribution in [0.15, 0.2) is 23.1 Å². The number of hydrogen-bond acceptors (Lipinski definition) is 5. The molecule has 0 bridgehead atoms. The molecule has 6 nitrogen and oxygen atoms in total. The van der Waals surface area contributed by atoms with Crippen LogP contribution in [0.3, 0.4) is 0 Å². The summed E-state index contributed by atoms with van der Waals surface area (Å²) in [6, 6.07) is 3.68. The van der Waals surface area contributed by atoms with Crippen molar-refractivity contribution in [2.24, 2.45) is 5.73 Å². The molecule has 0 atom stereocenters. The van der Waals surface area contributed by atoms with Crippen LogP contribution in [0.2, 0.25) is 0 Å². The first-order chi connectivity index (χ1) is 11.8. The molecule has 1 aromatic rings. The average molecular weight is 374 g/mol. The lowest BCUT2D eigenvalue weighted by Crippen LogP contribution is -2.49. The van der Waals surface area contributed by atoms with E-state index in [1.165, 1.54) is 12.1 Å². The van der Waals surface area contributed by atoms with Crippen LogP contribution in [-0.2, 0) is 14.8 Å². The molecule has 0 unspecified atom stereocenters. The largest absolute Gasteiger partial charge is 0.487 e. The Kier molecular flexibility index (Phi) is 6.79. The molecule has 1 aromatic carbocycles. The third-order valence-electron chi connectivity index (χ3n) is 4.70. The number of hydrogen-bond donors (Lipinski definition) is 2. The highest BCUT2D eigenvalue weighted by Crippen LogP contribution is 2.24. The van der Waals surface area contributed by atoms with Gasteiger partial charge in [-0.15, -0.1) is 0 Å². The second-order valence-electron chi connectivity index (χ2n) is 6.42. The van der Waals surface area contributed by atoms with Crippen molar-refractivity contribution in [3.05, 3.63) is 24.0 Å². The van der Waals surface area contributed by atoms with Crippen LogP contribution in [0.5, 0.6) is 5.75 Å². The van der Waals surface area contributed by atoms with Crippen LogP contribution in [-0.4, -0.2) is 39.8 Å². The van der Waals surface area contributed by atoms with E-state index in [9.17, 15) is 12.8 Å². The summed E-state index contributed by atoms with van der Waals surface area (Å²) in [6.45, 7) is 5.07. The standard InChI is InChI=1S/C17H27FN2O4S/c1-3-17(19,4-2)12-20-25(21,22)14-5-6-16(15(18)11-14)24-13-7-9-23-10-8-13/h5-6,11,13,20H,3-4,7-10,12,19H2,1-2H3. The number of benzene rings is 1. The second kappa shape index (κ2) is 8.44. The minimum Gasteiger partial charge on any atom is -0.487 e. The fourth-order valence-corrected chi connectivity index (χ4v) is 3.69. The maximum atomic E-state index is 14.3. The Labute approximate surface area is 148 Å². The van der Waals surface area contributed by atoms with Gasteiger partial charge in [-0.2, -0.15) is 0 Å². The molecule has 0 aromatic heterocycles. The van der Waals surface area contributed by atoms with Crippen molar-refractivity contribution in [1.82, 2.24) is 4.72 Å². The van der Waals surface area contributed by atoms with Crippen LogP contribution in [0.25, 0.3) is 0 Å². The topological polar surface area (TPSA) is 90.7 Å². The molecule has 8 heteroatoms. The van der Waals surface area contributed by atoms with Crippen LogP contribution in [0.1, 0.15) is 39.5 Å². The number of sulfonamides is 1. The van der Waals surface area contributed by atoms with Gasteiger partial charge in [0, 0.05) is 24.9 Å². The summed E-state index contributed by atoms with van der Waals surface area (Å²) in [4.78, 5) is -0.140. The lowest BCUT2D eigenvalue weighted by Gasteiger charge is -2.26. The molecular formula is C17H27FN2O4S. The van der Waals surface area contributed by atoms with Gasteiger partial charge in [-0.3, -0.25) is 0 Å². The Bertz CT molecular complexity index is 671. The molecule has 1 fully saturated rings. The first-order valence-corrected chi connectivity index (χ1v) is 10.1. The summed E-state index contributed by atoms with van der Waals surface area (Å²) >= 11 is 0. The van der Waals surface area contributed by atoms with E-state index in [0.29, 0.717) is 38.9 Å². The minimum absolute atomic E-state index is 0.0566. The number of halogens is 1. The zero-order chi connectivity index (χ0) is 18.5. The molecule has 1 aliphatic rings. The Morgan fingerprint density at radius 1 is 1.32 bits per heavy atom. The monoisotopic (exact) mass is 374 g/mol. The van der Waals surface area contributed by atoms with Gasteiger partial charge in [-0.05, 0) is 31.0 Å². The maximum absolute atomic E-state index is 14.3. The van der Waals surface area contributed by atoms with E-state index in [2.05, 4.69) is 4.72 Å². The molecule has 1 saturated heterocycles. The highest BCUT2D eigenvalue weighted by molar-refractivity contribution is 7.89. The van der Waals surface area contributed by atoms with Crippen molar-refractivity contribution in [2.45, 2.75) is 56.1 Å². The molecule has 0 aliphatic carbocycles. The van der Waals surface area contributed by atoms with Gasteiger partial charge in [0.25, 0.3) is 0 Å². The molecule has 3 N–H and O–H groups in total. The fraction of sp³-hybridized carbons (Fsp3) is 0.647. The predicted octanol–water partition coefficient (Wildman–Crippen LogP) is 2.18. The van der Waals surface area contributed by atoms with Gasteiger partial charge < -0.3 is 15.2 Å². The number of nitrogens with two attached hydrogens (primary N) is 1. The van der Waals surface area contributed by atoms with Gasteiger partial charge in [0.1, 0.15) is 6.10 Å². The van der Waals surface area contributed by atoms with Crippen molar-refractivity contribution in [1.29, 1.82) is 0 Å². The van der Waals surface area contributed by atoms with Crippen LogP contribution >= 0.6 is 0 Å². The van der Waals surface area contributed by atoms with E-state index in [1.54, 1.807) is 0 Å². The minimum atomic E-state index is -3.83. The van der Waals surface area contributed by atoms with Gasteiger partial charge in [-0.1, -0.05) is 13.8 Å². The average Bonchev–Trinajstić information content (AvgIpc) is 2.62. The maximum Gasteiger partial charge on any atom is 0.240 e. The highest BCUT2D eigenvalue weighted by Gasteiger charge is 2.25. The Balaban J connectivity index is 2.07. The summed E-state index contributed by atoms with van der Waals surface area (Å²) in [5.74, 6) is -0.638. The first kappa shape index (κ1) is 20.1. The molecule has 1 aliphatic heterocycles. The van der Waals surface area contributed by atoms with E-state index in [4.69, 9.17) is 15.2 Å². The quantitative estimate of drug-likeness (QED) is 0.728. The molecular weight excluding hydrogens is 347 g/mol. The van der Waals surface area contributed by atoms with Crippen molar-refractivity contribution < 1.29 is 22.3 Å². The predicted molar refractivity (Wildman–Crippen MR) is 93.6 cm³/mol.